The van der Waals surface area contributed by atoms with Crippen LogP contribution in [0.2, 0.25) is 10.0 Å². The molecular formula is C25H31Cl2N3O4S. The second kappa shape index (κ2) is 12.1. The van der Waals surface area contributed by atoms with Gasteiger partial charge >= 0.3 is 0 Å². The van der Waals surface area contributed by atoms with Gasteiger partial charge in [-0.25, -0.2) is 8.42 Å². The van der Waals surface area contributed by atoms with Crippen molar-refractivity contribution >= 4 is 50.7 Å². The maximum atomic E-state index is 13.6. The molecule has 190 valence electrons. The van der Waals surface area contributed by atoms with E-state index in [2.05, 4.69) is 5.32 Å². The first kappa shape index (κ1) is 27.3. The number of para-hydroxylation sites is 1. The Morgan fingerprint density at radius 3 is 2.31 bits per heavy atom. The number of carbonyl (C=O) groups excluding carboxylic acids is 2. The van der Waals surface area contributed by atoms with E-state index < -0.39 is 28.5 Å². The monoisotopic (exact) mass is 539 g/mol. The highest BCUT2D eigenvalue weighted by molar-refractivity contribution is 7.92. The lowest BCUT2D eigenvalue weighted by molar-refractivity contribution is -0.139. The third-order valence-corrected chi connectivity index (χ3v) is 7.93. The van der Waals surface area contributed by atoms with Crippen LogP contribution < -0.4 is 9.62 Å². The number of nitrogens with zero attached hydrogens (tertiary/aromatic N) is 2. The molecule has 35 heavy (non-hydrogen) atoms. The van der Waals surface area contributed by atoms with Crippen LogP contribution in [-0.4, -0.2) is 50.0 Å². The number of benzene rings is 2. The number of rotatable bonds is 9. The highest BCUT2D eigenvalue weighted by Crippen LogP contribution is 2.25. The molecule has 1 atom stereocenters. The Balaban J connectivity index is 1.88. The lowest BCUT2D eigenvalue weighted by atomic mass is 9.95. The molecule has 1 aliphatic rings. The van der Waals surface area contributed by atoms with E-state index in [0.29, 0.717) is 21.3 Å². The quantitative estimate of drug-likeness (QED) is 0.503. The van der Waals surface area contributed by atoms with Crippen LogP contribution in [0.15, 0.2) is 48.5 Å². The second-order valence-corrected chi connectivity index (χ2v) is 11.6. The van der Waals surface area contributed by atoms with Crippen LogP contribution in [0.3, 0.4) is 0 Å². The smallest absolute Gasteiger partial charge is 0.244 e. The minimum absolute atomic E-state index is 0.0283. The van der Waals surface area contributed by atoms with Gasteiger partial charge in [0.1, 0.15) is 12.6 Å². The molecule has 10 heteroatoms. The Morgan fingerprint density at radius 1 is 1.06 bits per heavy atom. The fourth-order valence-electron chi connectivity index (χ4n) is 4.19. The first-order valence-electron chi connectivity index (χ1n) is 11.6. The standard InChI is InChI=1S/C25H31Cl2N3O4S/c1-18(25(32)28-21-9-5-3-6-10-21)29(16-19-13-14-20(26)15-23(19)27)24(31)17-30(35(2,33)34)22-11-7-4-8-12-22/h4,7-8,11-15,18,21H,3,5-6,9-10,16-17H2,1-2H3,(H,28,32)/t18-/m1/s1. The Hall–Kier alpha value is -2.29. The first-order valence-corrected chi connectivity index (χ1v) is 14.2. The third kappa shape index (κ3) is 7.59. The fraction of sp³-hybridized carbons (Fsp3) is 0.440. The van der Waals surface area contributed by atoms with Gasteiger partial charge in [0.2, 0.25) is 21.8 Å². The summed E-state index contributed by atoms with van der Waals surface area (Å²) in [5.41, 5.74) is 0.972. The van der Waals surface area contributed by atoms with Crippen molar-refractivity contribution in [2.24, 2.45) is 0 Å². The minimum atomic E-state index is -3.76. The summed E-state index contributed by atoms with van der Waals surface area (Å²) in [6, 6.07) is 12.6. The molecular weight excluding hydrogens is 509 g/mol. The summed E-state index contributed by atoms with van der Waals surface area (Å²) in [7, 11) is -3.76. The maximum Gasteiger partial charge on any atom is 0.244 e. The van der Waals surface area contributed by atoms with Gasteiger partial charge in [-0.3, -0.25) is 13.9 Å². The van der Waals surface area contributed by atoms with Crippen molar-refractivity contribution in [3.05, 3.63) is 64.1 Å². The first-order chi connectivity index (χ1) is 16.6. The van der Waals surface area contributed by atoms with Crippen LogP contribution in [0.1, 0.15) is 44.6 Å². The summed E-state index contributed by atoms with van der Waals surface area (Å²) in [6.45, 7) is 1.22. The lowest BCUT2D eigenvalue weighted by Gasteiger charge is -2.33. The van der Waals surface area contributed by atoms with E-state index in [1.165, 1.54) is 4.90 Å². The van der Waals surface area contributed by atoms with Crippen molar-refractivity contribution in [2.75, 3.05) is 17.1 Å². The molecule has 0 aromatic heterocycles. The predicted octanol–water partition coefficient (Wildman–Crippen LogP) is 4.63. The van der Waals surface area contributed by atoms with Crippen molar-refractivity contribution in [3.8, 4) is 0 Å². The fourth-order valence-corrected chi connectivity index (χ4v) is 5.51. The van der Waals surface area contributed by atoms with Crippen LogP contribution in [0, 0.1) is 0 Å². The molecule has 0 bridgehead atoms. The van der Waals surface area contributed by atoms with Gasteiger partial charge in [-0.1, -0.05) is 66.7 Å². The van der Waals surface area contributed by atoms with Crippen LogP contribution in [0.25, 0.3) is 0 Å². The van der Waals surface area contributed by atoms with Crippen LogP contribution in [0.5, 0.6) is 0 Å². The molecule has 1 saturated carbocycles. The molecule has 0 saturated heterocycles. The Bertz CT molecular complexity index is 1140. The Labute approximate surface area is 217 Å². The van der Waals surface area contributed by atoms with Crippen molar-refractivity contribution in [2.45, 2.75) is 57.7 Å². The summed E-state index contributed by atoms with van der Waals surface area (Å²) >= 11 is 12.4. The van der Waals surface area contributed by atoms with Crippen LogP contribution in [0.4, 0.5) is 5.69 Å². The summed E-state index contributed by atoms with van der Waals surface area (Å²) in [5, 5.41) is 3.87. The summed E-state index contributed by atoms with van der Waals surface area (Å²) in [4.78, 5) is 28.1. The van der Waals surface area contributed by atoms with Gasteiger partial charge in [0, 0.05) is 22.6 Å². The topological polar surface area (TPSA) is 86.8 Å². The number of carbonyl (C=O) groups is 2. The molecule has 1 N–H and O–H groups in total. The molecule has 1 fully saturated rings. The molecule has 0 aliphatic heterocycles. The Kier molecular flexibility index (Phi) is 9.44. The highest BCUT2D eigenvalue weighted by Gasteiger charge is 2.31. The van der Waals surface area contributed by atoms with Gasteiger partial charge < -0.3 is 10.2 Å². The predicted molar refractivity (Wildman–Crippen MR) is 140 cm³/mol. The molecule has 2 amide bonds. The van der Waals surface area contributed by atoms with Crippen molar-refractivity contribution < 1.29 is 18.0 Å². The van der Waals surface area contributed by atoms with Crippen LogP contribution in [-0.2, 0) is 26.2 Å². The molecule has 0 unspecified atom stereocenters. The van der Waals surface area contributed by atoms with Gasteiger partial charge in [-0.15, -0.1) is 0 Å². The van der Waals surface area contributed by atoms with E-state index in [1.807, 2.05) is 0 Å². The van der Waals surface area contributed by atoms with Crippen molar-refractivity contribution in [1.82, 2.24) is 10.2 Å². The van der Waals surface area contributed by atoms with Gasteiger partial charge in [0.15, 0.2) is 0 Å². The van der Waals surface area contributed by atoms with Crippen molar-refractivity contribution in [3.63, 3.8) is 0 Å². The summed E-state index contributed by atoms with van der Waals surface area (Å²) in [6.07, 6.45) is 6.14. The zero-order valence-electron chi connectivity index (χ0n) is 19.9. The molecule has 0 radical (unpaired) electrons. The van der Waals surface area contributed by atoms with Gasteiger partial charge in [-0.2, -0.15) is 0 Å². The van der Waals surface area contributed by atoms with Crippen molar-refractivity contribution in [1.29, 1.82) is 0 Å². The minimum Gasteiger partial charge on any atom is -0.352 e. The third-order valence-electron chi connectivity index (χ3n) is 6.20. The normalized spacial score (nSPS) is 15.3. The maximum absolute atomic E-state index is 13.6. The number of hydrogen-bond donors (Lipinski definition) is 1. The lowest BCUT2D eigenvalue weighted by Crippen LogP contribution is -2.53. The molecule has 2 aromatic rings. The van der Waals surface area contributed by atoms with Gasteiger partial charge in [-0.05, 0) is 49.6 Å². The molecule has 0 heterocycles. The summed E-state index contributed by atoms with van der Waals surface area (Å²) in [5.74, 6) is -0.794. The number of sulfonamides is 1. The number of nitrogens with one attached hydrogen (secondary N) is 1. The molecule has 7 nitrogen and oxygen atoms in total. The van der Waals surface area contributed by atoms with E-state index in [4.69, 9.17) is 23.2 Å². The molecule has 3 rings (SSSR count). The van der Waals surface area contributed by atoms with E-state index in [-0.39, 0.29) is 18.5 Å². The number of hydrogen-bond acceptors (Lipinski definition) is 4. The van der Waals surface area contributed by atoms with Crippen LogP contribution >= 0.6 is 23.2 Å². The zero-order valence-corrected chi connectivity index (χ0v) is 22.2. The van der Waals surface area contributed by atoms with E-state index in [9.17, 15) is 18.0 Å². The number of amides is 2. The van der Waals surface area contributed by atoms with E-state index >= 15 is 0 Å². The molecule has 0 spiro atoms. The van der Waals surface area contributed by atoms with Gasteiger partial charge in [0.05, 0.1) is 11.9 Å². The van der Waals surface area contributed by atoms with Gasteiger partial charge in [0.25, 0.3) is 0 Å². The SMILES string of the molecule is C[C@H](C(=O)NC1CCCCC1)N(Cc1ccc(Cl)cc1Cl)C(=O)CN(c1ccccc1)S(C)(=O)=O. The average Bonchev–Trinajstić information content (AvgIpc) is 2.82. The second-order valence-electron chi connectivity index (χ2n) is 8.88. The highest BCUT2D eigenvalue weighted by atomic mass is 35.5. The number of anilines is 1. The Morgan fingerprint density at radius 2 is 1.71 bits per heavy atom. The van der Waals surface area contributed by atoms with E-state index in [0.717, 1.165) is 42.7 Å². The molecule has 1 aliphatic carbocycles. The average molecular weight is 541 g/mol. The zero-order chi connectivity index (χ0) is 25.6. The van der Waals surface area contributed by atoms with E-state index in [1.54, 1.807) is 55.5 Å². The largest absolute Gasteiger partial charge is 0.352 e. The number of halogens is 2. The molecule has 2 aromatic carbocycles. The summed E-state index contributed by atoms with van der Waals surface area (Å²) < 4.78 is 26.1.